The van der Waals surface area contributed by atoms with Crippen LogP contribution in [-0.2, 0) is 14.3 Å². The molecule has 2 aromatic carbocycles. The number of pyridine rings is 2. The van der Waals surface area contributed by atoms with E-state index in [1.807, 2.05) is 32.9 Å². The molecule has 13 heteroatoms. The van der Waals surface area contributed by atoms with Crippen molar-refractivity contribution in [3.8, 4) is 22.7 Å². The third-order valence-electron chi connectivity index (χ3n) is 9.00. The van der Waals surface area contributed by atoms with Crippen molar-refractivity contribution < 1.29 is 32.6 Å². The number of nitrogens with zero attached hydrogens (tertiary/aromatic N) is 5. The van der Waals surface area contributed by atoms with E-state index >= 15 is 8.78 Å². The summed E-state index contributed by atoms with van der Waals surface area (Å²) in [7, 11) is 2.91. The summed E-state index contributed by atoms with van der Waals surface area (Å²) in [5.41, 5.74) is -0.224. The van der Waals surface area contributed by atoms with E-state index < -0.39 is 46.9 Å². The lowest BCUT2D eigenvalue weighted by atomic mass is 9.97. The number of benzene rings is 2. The molecule has 0 unspecified atom stereocenters. The van der Waals surface area contributed by atoms with E-state index in [1.165, 1.54) is 52.8 Å². The number of anilines is 2. The fraction of sp³-hybridized carbons (Fsp3) is 0.405. The summed E-state index contributed by atoms with van der Waals surface area (Å²) in [6.07, 6.45) is -0.565. The number of piperazine rings is 1. The monoisotopic (exact) mass is 689 g/mol. The van der Waals surface area contributed by atoms with Crippen LogP contribution in [0.3, 0.4) is 0 Å². The van der Waals surface area contributed by atoms with Crippen molar-refractivity contribution in [1.29, 1.82) is 0 Å². The Morgan fingerprint density at radius 1 is 1.02 bits per heavy atom. The van der Waals surface area contributed by atoms with Crippen LogP contribution in [0, 0.1) is 11.6 Å². The Labute approximate surface area is 289 Å². The number of methoxy groups -OCH3 is 1. The average Bonchev–Trinajstić information content (AvgIpc) is 3.05. The molecule has 1 fully saturated rings. The van der Waals surface area contributed by atoms with Crippen LogP contribution in [-0.4, -0.2) is 78.2 Å². The van der Waals surface area contributed by atoms with Crippen molar-refractivity contribution >= 4 is 34.4 Å². The maximum atomic E-state index is 16.5. The number of halogens is 2. The Bertz CT molecular complexity index is 2060. The zero-order valence-corrected chi connectivity index (χ0v) is 29.4. The number of ether oxygens (including phenoxy) is 3. The fourth-order valence-electron chi connectivity index (χ4n) is 6.75. The first-order valence-electron chi connectivity index (χ1n) is 16.5. The summed E-state index contributed by atoms with van der Waals surface area (Å²) >= 11 is 0. The molecule has 6 rings (SSSR count). The number of hydrogen-bond donors (Lipinski definition) is 0. The first kappa shape index (κ1) is 34.8. The third kappa shape index (κ3) is 5.93. The van der Waals surface area contributed by atoms with Gasteiger partial charge in [0, 0.05) is 32.1 Å². The molecule has 4 aromatic rings. The Morgan fingerprint density at radius 2 is 1.74 bits per heavy atom. The van der Waals surface area contributed by atoms with Gasteiger partial charge >= 0.3 is 6.09 Å². The minimum absolute atomic E-state index is 0.00419. The van der Waals surface area contributed by atoms with E-state index in [4.69, 9.17) is 19.2 Å². The third-order valence-corrected chi connectivity index (χ3v) is 9.00. The number of amides is 2. The van der Waals surface area contributed by atoms with Gasteiger partial charge in [-0.3, -0.25) is 14.2 Å². The van der Waals surface area contributed by atoms with Gasteiger partial charge in [-0.1, -0.05) is 38.1 Å². The Hall–Kier alpha value is -5.04. The molecule has 2 atom stereocenters. The van der Waals surface area contributed by atoms with Crippen molar-refractivity contribution in [2.45, 2.75) is 65.1 Å². The van der Waals surface area contributed by atoms with Gasteiger partial charge in [0.25, 0.3) is 11.5 Å². The molecule has 0 N–H and O–H groups in total. The fourth-order valence-corrected chi connectivity index (χ4v) is 6.75. The first-order chi connectivity index (χ1) is 23.6. The first-order valence-corrected chi connectivity index (χ1v) is 16.5. The number of para-hydroxylation sites is 1. The highest BCUT2D eigenvalue weighted by Gasteiger charge is 2.47. The van der Waals surface area contributed by atoms with Crippen LogP contribution in [0.1, 0.15) is 53.0 Å². The van der Waals surface area contributed by atoms with E-state index in [2.05, 4.69) is 0 Å². The maximum absolute atomic E-state index is 16.5. The molecule has 264 valence electrons. The van der Waals surface area contributed by atoms with E-state index in [0.29, 0.717) is 11.4 Å². The zero-order chi connectivity index (χ0) is 36.2. The van der Waals surface area contributed by atoms with E-state index in [9.17, 15) is 14.4 Å². The molecule has 0 aliphatic carbocycles. The molecule has 1 saturated heterocycles. The van der Waals surface area contributed by atoms with Crippen molar-refractivity contribution in [3.63, 3.8) is 0 Å². The molecular weight excluding hydrogens is 648 g/mol. The molecule has 2 aliphatic rings. The van der Waals surface area contributed by atoms with Gasteiger partial charge < -0.3 is 28.9 Å². The van der Waals surface area contributed by atoms with Crippen molar-refractivity contribution in [3.05, 3.63) is 76.1 Å². The summed E-state index contributed by atoms with van der Waals surface area (Å²) in [5.74, 6) is -2.09. The average molecular weight is 690 g/mol. The second-order valence-electron chi connectivity index (χ2n) is 14.0. The number of aromatic nitrogens is 2. The lowest BCUT2D eigenvalue weighted by Gasteiger charge is -2.49. The standard InChI is InChI=1S/C37H41F2N5O6/c1-20(2)22-12-9-10-14-26(22)44-33-23(16-25(39)30(40-33)29-24(38)13-11-15-28(29)49-19-48-8)31-32(35(44)46)41(7)34(45)27-18-42(21(3)17-43(27)31)36(47)50-37(4,5)6/h9-16,20-21,27H,17-19H2,1-8H3/t21-,27-/m1/s1. The Balaban J connectivity index is 1.66. The van der Waals surface area contributed by atoms with Crippen molar-refractivity contribution in [2.24, 2.45) is 0 Å². The molecule has 2 amide bonds. The van der Waals surface area contributed by atoms with Crippen LogP contribution in [0.2, 0.25) is 0 Å². The quantitative estimate of drug-likeness (QED) is 0.220. The minimum atomic E-state index is -0.902. The van der Waals surface area contributed by atoms with Gasteiger partial charge in [-0.05, 0) is 63.4 Å². The second-order valence-corrected chi connectivity index (χ2v) is 14.0. The number of hydrogen-bond acceptors (Lipinski definition) is 8. The number of fused-ring (bicyclic) bond motifs is 5. The van der Waals surface area contributed by atoms with Gasteiger partial charge in [0.15, 0.2) is 18.3 Å². The molecule has 0 bridgehead atoms. The van der Waals surface area contributed by atoms with Gasteiger partial charge in [-0.2, -0.15) is 0 Å². The van der Waals surface area contributed by atoms with Crippen LogP contribution >= 0.6 is 0 Å². The summed E-state index contributed by atoms with van der Waals surface area (Å²) in [6.45, 7) is 11.0. The second kappa shape index (κ2) is 13.0. The SMILES string of the molecule is COCOc1cccc(F)c1-c1nc2c(cc1F)c1c(c(=O)n2-c2ccccc2C(C)C)N(C)C(=O)[C@H]2CN(C(=O)OC(C)(C)C)[C@H](C)CN12. The maximum Gasteiger partial charge on any atom is 0.410 e. The van der Waals surface area contributed by atoms with Gasteiger partial charge in [-0.15, -0.1) is 0 Å². The highest BCUT2D eigenvalue weighted by atomic mass is 19.1. The molecular formula is C37H41F2N5O6. The molecule has 2 aromatic heterocycles. The summed E-state index contributed by atoms with van der Waals surface area (Å²) < 4.78 is 49.7. The van der Waals surface area contributed by atoms with Crippen LogP contribution in [0.15, 0.2) is 53.3 Å². The van der Waals surface area contributed by atoms with Crippen molar-refractivity contribution in [2.75, 3.05) is 43.8 Å². The van der Waals surface area contributed by atoms with Gasteiger partial charge in [0.2, 0.25) is 0 Å². The summed E-state index contributed by atoms with van der Waals surface area (Å²) in [4.78, 5) is 51.4. The number of likely N-dealkylation sites (N-methyl/N-ethyl adjacent to an activating group) is 1. The predicted octanol–water partition coefficient (Wildman–Crippen LogP) is 6.23. The molecule has 0 saturated carbocycles. The number of rotatable bonds is 6. The molecule has 0 radical (unpaired) electrons. The lowest BCUT2D eigenvalue weighted by Crippen LogP contribution is -2.66. The van der Waals surface area contributed by atoms with E-state index in [0.717, 1.165) is 5.56 Å². The Kier molecular flexibility index (Phi) is 9.06. The molecule has 4 heterocycles. The summed E-state index contributed by atoms with van der Waals surface area (Å²) in [6, 6.07) is 11.2. The summed E-state index contributed by atoms with van der Waals surface area (Å²) in [5, 5.41) is 0.234. The highest BCUT2D eigenvalue weighted by molar-refractivity contribution is 6.11. The van der Waals surface area contributed by atoms with Crippen LogP contribution in [0.4, 0.5) is 25.0 Å². The topological polar surface area (TPSA) is 106 Å². The highest BCUT2D eigenvalue weighted by Crippen LogP contribution is 2.44. The normalized spacial score (nSPS) is 17.7. The Morgan fingerprint density at radius 3 is 2.42 bits per heavy atom. The van der Waals surface area contributed by atoms with Gasteiger partial charge in [0.05, 0.1) is 23.5 Å². The molecule has 2 aliphatic heterocycles. The van der Waals surface area contributed by atoms with Gasteiger partial charge in [0.1, 0.15) is 34.6 Å². The van der Waals surface area contributed by atoms with Crippen LogP contribution in [0.5, 0.6) is 5.75 Å². The number of carbonyl (C=O) groups is 2. The molecule has 11 nitrogen and oxygen atoms in total. The van der Waals surface area contributed by atoms with E-state index in [-0.39, 0.29) is 59.5 Å². The smallest absolute Gasteiger partial charge is 0.410 e. The van der Waals surface area contributed by atoms with Gasteiger partial charge in [-0.25, -0.2) is 18.6 Å². The van der Waals surface area contributed by atoms with Crippen LogP contribution < -0.4 is 20.1 Å². The lowest BCUT2D eigenvalue weighted by molar-refractivity contribution is -0.121. The number of carbonyl (C=O) groups excluding carboxylic acids is 2. The minimum Gasteiger partial charge on any atom is -0.467 e. The van der Waals surface area contributed by atoms with Crippen LogP contribution in [0.25, 0.3) is 28.0 Å². The largest absolute Gasteiger partial charge is 0.467 e. The predicted molar refractivity (Wildman–Crippen MR) is 186 cm³/mol. The molecule has 0 spiro atoms. The van der Waals surface area contributed by atoms with Crippen molar-refractivity contribution in [1.82, 2.24) is 14.5 Å². The molecule has 50 heavy (non-hydrogen) atoms. The zero-order valence-electron chi connectivity index (χ0n) is 29.4. The van der Waals surface area contributed by atoms with E-state index in [1.54, 1.807) is 37.8 Å².